The summed E-state index contributed by atoms with van der Waals surface area (Å²) in [5, 5.41) is 29.3. The molecular formula is C21H36O5S. The number of rotatable bonds is 13. The van der Waals surface area contributed by atoms with Crippen molar-refractivity contribution < 1.29 is 24.9 Å². The molecule has 2 unspecified atom stereocenters. The molecule has 0 heterocycles. The van der Waals surface area contributed by atoms with Crippen LogP contribution in [0.3, 0.4) is 0 Å². The maximum Gasteiger partial charge on any atom is 0.303 e. The van der Waals surface area contributed by atoms with E-state index in [4.69, 9.17) is 5.11 Å². The van der Waals surface area contributed by atoms with Gasteiger partial charge in [-0.25, -0.2) is 0 Å². The first-order chi connectivity index (χ1) is 12.7. The van der Waals surface area contributed by atoms with Gasteiger partial charge in [-0.1, -0.05) is 45.8 Å². The van der Waals surface area contributed by atoms with E-state index in [1.165, 1.54) is 11.8 Å². The highest BCUT2D eigenvalue weighted by Gasteiger charge is 2.42. The molecule has 1 fully saturated rings. The van der Waals surface area contributed by atoms with Gasteiger partial charge in [-0.15, -0.1) is 0 Å². The zero-order valence-electron chi connectivity index (χ0n) is 16.9. The molecule has 1 aliphatic carbocycles. The van der Waals surface area contributed by atoms with Gasteiger partial charge in [0.05, 0.1) is 12.2 Å². The first-order valence-corrected chi connectivity index (χ1v) is 11.1. The van der Waals surface area contributed by atoms with Gasteiger partial charge in [0.1, 0.15) is 5.78 Å². The Balaban J connectivity index is 2.52. The summed E-state index contributed by atoms with van der Waals surface area (Å²) in [4.78, 5) is 22.7. The molecule has 0 bridgehead atoms. The fourth-order valence-electron chi connectivity index (χ4n) is 3.38. The van der Waals surface area contributed by atoms with Gasteiger partial charge in [-0.3, -0.25) is 9.59 Å². The number of hydrogen-bond donors (Lipinski definition) is 3. The van der Waals surface area contributed by atoms with Crippen molar-refractivity contribution >= 4 is 23.5 Å². The summed E-state index contributed by atoms with van der Waals surface area (Å²) < 4.78 is 0. The second-order valence-corrected chi connectivity index (χ2v) is 9.45. The number of aliphatic carboxylic acids is 1. The number of ketones is 1. The molecule has 1 aliphatic rings. The average Bonchev–Trinajstić information content (AvgIpc) is 2.86. The van der Waals surface area contributed by atoms with Crippen LogP contribution >= 0.6 is 11.8 Å². The number of carbonyl (C=O) groups is 2. The van der Waals surface area contributed by atoms with Gasteiger partial charge in [0.2, 0.25) is 0 Å². The zero-order chi connectivity index (χ0) is 20.4. The highest BCUT2D eigenvalue weighted by atomic mass is 32.2. The number of Topliss-reactive ketones (excluding diaryl/α,β-unsaturated/α-hetero) is 1. The lowest BCUT2D eigenvalue weighted by atomic mass is 9.82. The molecule has 5 nitrogen and oxygen atoms in total. The van der Waals surface area contributed by atoms with Crippen LogP contribution in [0, 0.1) is 11.3 Å². The van der Waals surface area contributed by atoms with Crippen LogP contribution in [0.4, 0.5) is 0 Å². The summed E-state index contributed by atoms with van der Waals surface area (Å²) >= 11 is 1.51. The second-order valence-electron chi connectivity index (χ2n) is 8.24. The number of aliphatic hydroxyl groups is 2. The summed E-state index contributed by atoms with van der Waals surface area (Å²) in [7, 11) is 0. The Morgan fingerprint density at radius 3 is 2.67 bits per heavy atom. The molecule has 0 radical (unpaired) electrons. The molecule has 0 amide bonds. The molecule has 0 saturated heterocycles. The maximum absolute atomic E-state index is 12.2. The molecule has 4 atom stereocenters. The SMILES string of the molecule is CCCCC(C)(C)C(O)CS[C@H]1C(O)CC(=O)[C@@H]1CC=CCCCC(=O)O. The standard InChI is InChI=1S/C21H36O5S/c1-4-5-12-21(2,3)18(24)14-27-20-15(16(22)13-17(20)23)10-8-6-7-9-11-19(25)26/h6,8,15,17-18,20,23-24H,4-5,7,9-14H2,1-3H3,(H,25,26)/t15-,17?,18?,20+/m0/s1. The fraction of sp³-hybridized carbons (Fsp3) is 0.810. The van der Waals surface area contributed by atoms with Crippen LogP contribution in [0.15, 0.2) is 12.2 Å². The van der Waals surface area contributed by atoms with Crippen LogP contribution in [0.1, 0.15) is 72.1 Å². The van der Waals surface area contributed by atoms with Crippen molar-refractivity contribution in [1.82, 2.24) is 0 Å². The predicted octanol–water partition coefficient (Wildman–Crippen LogP) is 3.82. The first kappa shape index (κ1) is 24.2. The first-order valence-electron chi connectivity index (χ1n) is 10.1. The fourth-order valence-corrected chi connectivity index (χ4v) is 5.05. The van der Waals surface area contributed by atoms with Crippen LogP contribution in [0.5, 0.6) is 0 Å². The minimum atomic E-state index is -0.797. The third kappa shape index (κ3) is 8.36. The van der Waals surface area contributed by atoms with Crippen molar-refractivity contribution in [2.75, 3.05) is 5.75 Å². The Bertz CT molecular complexity index is 503. The van der Waals surface area contributed by atoms with E-state index >= 15 is 0 Å². The third-order valence-corrected chi connectivity index (χ3v) is 6.98. The van der Waals surface area contributed by atoms with Crippen molar-refractivity contribution in [2.24, 2.45) is 11.3 Å². The van der Waals surface area contributed by atoms with E-state index in [1.54, 1.807) is 0 Å². The van der Waals surface area contributed by atoms with Crippen molar-refractivity contribution in [3.63, 3.8) is 0 Å². The van der Waals surface area contributed by atoms with Crippen LogP contribution < -0.4 is 0 Å². The van der Waals surface area contributed by atoms with Crippen LogP contribution in [-0.2, 0) is 9.59 Å². The molecule has 156 valence electrons. The number of carboxylic acids is 1. The Kier molecular flexibility index (Phi) is 10.6. The second kappa shape index (κ2) is 11.9. The molecule has 0 aliphatic heterocycles. The highest BCUT2D eigenvalue weighted by Crippen LogP contribution is 2.38. The summed E-state index contributed by atoms with van der Waals surface area (Å²) in [6, 6.07) is 0. The third-order valence-electron chi connectivity index (χ3n) is 5.44. The molecule has 0 spiro atoms. The summed E-state index contributed by atoms with van der Waals surface area (Å²) in [6.07, 6.45) is 8.03. The van der Waals surface area contributed by atoms with Crippen molar-refractivity contribution in [3.05, 3.63) is 12.2 Å². The van der Waals surface area contributed by atoms with Gasteiger partial charge in [-0.2, -0.15) is 11.8 Å². The van der Waals surface area contributed by atoms with E-state index in [2.05, 4.69) is 20.8 Å². The average molecular weight is 401 g/mol. The van der Waals surface area contributed by atoms with Crippen molar-refractivity contribution in [2.45, 2.75) is 89.6 Å². The number of unbranched alkanes of at least 4 members (excludes halogenated alkanes) is 2. The molecule has 0 aromatic rings. The maximum atomic E-state index is 12.2. The molecule has 6 heteroatoms. The number of carboxylic acid groups (broad SMARTS) is 1. The van der Waals surface area contributed by atoms with E-state index in [9.17, 15) is 19.8 Å². The minimum absolute atomic E-state index is 0.0786. The molecule has 27 heavy (non-hydrogen) atoms. The molecule has 0 aromatic carbocycles. The van der Waals surface area contributed by atoms with Crippen molar-refractivity contribution in [3.8, 4) is 0 Å². The summed E-state index contributed by atoms with van der Waals surface area (Å²) in [5.41, 5.74) is -0.171. The Hall–Kier alpha value is -0.850. The molecule has 1 saturated carbocycles. The number of hydrogen-bond acceptors (Lipinski definition) is 5. The highest BCUT2D eigenvalue weighted by molar-refractivity contribution is 8.00. The van der Waals surface area contributed by atoms with E-state index in [1.807, 2.05) is 12.2 Å². The topological polar surface area (TPSA) is 94.8 Å². The molecular weight excluding hydrogens is 364 g/mol. The lowest BCUT2D eigenvalue weighted by Crippen LogP contribution is -2.33. The summed E-state index contributed by atoms with van der Waals surface area (Å²) in [6.45, 7) is 6.28. The Labute approximate surface area is 167 Å². The van der Waals surface area contributed by atoms with Gasteiger partial charge < -0.3 is 15.3 Å². The molecule has 3 N–H and O–H groups in total. The van der Waals surface area contributed by atoms with Crippen LogP contribution in [0.25, 0.3) is 0 Å². The van der Waals surface area contributed by atoms with Crippen LogP contribution in [0.2, 0.25) is 0 Å². The number of aliphatic hydroxyl groups excluding tert-OH is 2. The summed E-state index contributed by atoms with van der Waals surface area (Å²) in [5.74, 6) is -0.430. The van der Waals surface area contributed by atoms with E-state index in [0.29, 0.717) is 25.0 Å². The van der Waals surface area contributed by atoms with Gasteiger partial charge in [0, 0.05) is 29.8 Å². The molecule has 0 aromatic heterocycles. The predicted molar refractivity (Wildman–Crippen MR) is 110 cm³/mol. The van der Waals surface area contributed by atoms with Crippen molar-refractivity contribution in [1.29, 1.82) is 0 Å². The number of thioether (sulfide) groups is 1. The van der Waals surface area contributed by atoms with Gasteiger partial charge in [-0.05, 0) is 31.1 Å². The zero-order valence-corrected chi connectivity index (χ0v) is 17.7. The van der Waals surface area contributed by atoms with E-state index < -0.39 is 18.2 Å². The monoisotopic (exact) mass is 400 g/mol. The normalized spacial score (nSPS) is 24.6. The van der Waals surface area contributed by atoms with E-state index in [-0.39, 0.29) is 35.2 Å². The van der Waals surface area contributed by atoms with Gasteiger partial charge in [0.15, 0.2) is 0 Å². The minimum Gasteiger partial charge on any atom is -0.481 e. The lowest BCUT2D eigenvalue weighted by molar-refractivity contribution is -0.137. The Morgan fingerprint density at radius 2 is 2.04 bits per heavy atom. The van der Waals surface area contributed by atoms with Crippen LogP contribution in [-0.4, -0.2) is 50.3 Å². The van der Waals surface area contributed by atoms with Gasteiger partial charge in [0.25, 0.3) is 0 Å². The van der Waals surface area contributed by atoms with Gasteiger partial charge >= 0.3 is 5.97 Å². The Morgan fingerprint density at radius 1 is 1.33 bits per heavy atom. The number of allylic oxidation sites excluding steroid dienone is 2. The molecule has 1 rings (SSSR count). The quantitative estimate of drug-likeness (QED) is 0.321. The largest absolute Gasteiger partial charge is 0.481 e. The smallest absolute Gasteiger partial charge is 0.303 e. The van der Waals surface area contributed by atoms with E-state index in [0.717, 1.165) is 19.3 Å². The number of carbonyl (C=O) groups excluding carboxylic acids is 1. The lowest BCUT2D eigenvalue weighted by Gasteiger charge is -2.32.